The molecule has 0 unspecified atom stereocenters. The topological polar surface area (TPSA) is 37.8 Å². The number of nitrogens with zero attached hydrogens (tertiary/aromatic N) is 2. The molecule has 0 aromatic carbocycles. The van der Waals surface area contributed by atoms with Crippen LogP contribution in [0.3, 0.4) is 0 Å². The van der Waals surface area contributed by atoms with Crippen molar-refractivity contribution in [2.45, 2.75) is 24.3 Å². The standard InChI is InChI=1S/C9H11F2N3/c1-12-8(5-9(10,11)6-8)7-13-3-2-4-14-7/h2-4,12H,5-6H2,1H3. The van der Waals surface area contributed by atoms with Gasteiger partial charge in [0.2, 0.25) is 0 Å². The van der Waals surface area contributed by atoms with Crippen LogP contribution in [0.25, 0.3) is 0 Å². The molecule has 5 heteroatoms. The van der Waals surface area contributed by atoms with Crippen molar-refractivity contribution in [3.05, 3.63) is 24.3 Å². The number of alkyl halides is 2. The van der Waals surface area contributed by atoms with Crippen LogP contribution in [-0.4, -0.2) is 22.9 Å². The maximum atomic E-state index is 12.8. The van der Waals surface area contributed by atoms with Gasteiger partial charge in [0.1, 0.15) is 5.82 Å². The van der Waals surface area contributed by atoms with Crippen LogP contribution in [0.1, 0.15) is 18.7 Å². The molecule has 0 aliphatic heterocycles. The van der Waals surface area contributed by atoms with Crippen LogP contribution < -0.4 is 5.32 Å². The van der Waals surface area contributed by atoms with Gasteiger partial charge in [-0.1, -0.05) is 0 Å². The Hall–Kier alpha value is -1.10. The van der Waals surface area contributed by atoms with Gasteiger partial charge in [-0.3, -0.25) is 0 Å². The quantitative estimate of drug-likeness (QED) is 0.780. The molecule has 1 heterocycles. The van der Waals surface area contributed by atoms with Crippen molar-refractivity contribution in [2.24, 2.45) is 0 Å². The lowest BCUT2D eigenvalue weighted by molar-refractivity contribution is -0.138. The van der Waals surface area contributed by atoms with Crippen molar-refractivity contribution in [3.8, 4) is 0 Å². The van der Waals surface area contributed by atoms with E-state index in [-0.39, 0.29) is 12.8 Å². The molecule has 0 atom stereocenters. The Labute approximate surface area is 80.6 Å². The highest BCUT2D eigenvalue weighted by Gasteiger charge is 2.58. The van der Waals surface area contributed by atoms with Crippen molar-refractivity contribution in [2.75, 3.05) is 7.05 Å². The highest BCUT2D eigenvalue weighted by atomic mass is 19.3. The van der Waals surface area contributed by atoms with Gasteiger partial charge in [0.05, 0.1) is 5.54 Å². The Bertz CT molecular complexity index is 318. The Kier molecular flexibility index (Phi) is 1.99. The highest BCUT2D eigenvalue weighted by molar-refractivity contribution is 5.16. The molecule has 1 saturated carbocycles. The molecule has 1 N–H and O–H groups in total. The number of nitrogens with one attached hydrogen (secondary N) is 1. The van der Waals surface area contributed by atoms with Crippen LogP contribution in [0.5, 0.6) is 0 Å². The maximum Gasteiger partial charge on any atom is 0.252 e. The van der Waals surface area contributed by atoms with E-state index in [9.17, 15) is 8.78 Å². The largest absolute Gasteiger partial charge is 0.307 e. The third-order valence-corrected chi connectivity index (χ3v) is 2.59. The van der Waals surface area contributed by atoms with E-state index in [2.05, 4.69) is 15.3 Å². The molecular weight excluding hydrogens is 188 g/mol. The van der Waals surface area contributed by atoms with Crippen LogP contribution in [0.4, 0.5) is 8.78 Å². The number of hydrogen-bond acceptors (Lipinski definition) is 3. The second-order valence-electron chi connectivity index (χ2n) is 3.61. The normalized spacial score (nSPS) is 22.8. The zero-order valence-electron chi connectivity index (χ0n) is 7.80. The van der Waals surface area contributed by atoms with Gasteiger partial charge >= 0.3 is 0 Å². The molecule has 0 amide bonds. The first-order valence-corrected chi connectivity index (χ1v) is 4.42. The van der Waals surface area contributed by atoms with Gasteiger partial charge in [-0.25, -0.2) is 18.7 Å². The lowest BCUT2D eigenvalue weighted by Crippen LogP contribution is -2.57. The van der Waals surface area contributed by atoms with E-state index in [1.807, 2.05) is 0 Å². The number of halogens is 2. The Morgan fingerprint density at radius 3 is 2.29 bits per heavy atom. The van der Waals surface area contributed by atoms with Gasteiger partial charge in [-0.2, -0.15) is 0 Å². The van der Waals surface area contributed by atoms with Crippen LogP contribution in [0.15, 0.2) is 18.5 Å². The zero-order chi connectivity index (χ0) is 10.2. The predicted molar refractivity (Wildman–Crippen MR) is 47.0 cm³/mol. The van der Waals surface area contributed by atoms with Crippen LogP contribution in [0.2, 0.25) is 0 Å². The molecule has 3 nitrogen and oxygen atoms in total. The van der Waals surface area contributed by atoms with E-state index in [0.717, 1.165) is 0 Å². The maximum absolute atomic E-state index is 12.8. The molecular formula is C9H11F2N3. The molecule has 1 aromatic heterocycles. The third-order valence-electron chi connectivity index (χ3n) is 2.59. The molecule has 1 aliphatic carbocycles. The molecule has 76 valence electrons. The van der Waals surface area contributed by atoms with E-state index in [1.54, 1.807) is 25.5 Å². The highest BCUT2D eigenvalue weighted by Crippen LogP contribution is 2.50. The van der Waals surface area contributed by atoms with Crippen molar-refractivity contribution >= 4 is 0 Å². The molecule has 2 rings (SSSR count). The molecule has 1 aromatic rings. The van der Waals surface area contributed by atoms with Gasteiger partial charge in [0, 0.05) is 25.2 Å². The summed E-state index contributed by atoms with van der Waals surface area (Å²) >= 11 is 0. The van der Waals surface area contributed by atoms with E-state index in [0.29, 0.717) is 5.82 Å². The summed E-state index contributed by atoms with van der Waals surface area (Å²) in [7, 11) is 1.66. The van der Waals surface area contributed by atoms with E-state index >= 15 is 0 Å². The van der Waals surface area contributed by atoms with Crippen molar-refractivity contribution < 1.29 is 8.78 Å². The first kappa shape index (κ1) is 9.45. The second-order valence-corrected chi connectivity index (χ2v) is 3.61. The summed E-state index contributed by atoms with van der Waals surface area (Å²) in [6.07, 6.45) is 2.69. The van der Waals surface area contributed by atoms with E-state index < -0.39 is 11.5 Å². The monoisotopic (exact) mass is 199 g/mol. The van der Waals surface area contributed by atoms with Gasteiger partial charge < -0.3 is 5.32 Å². The summed E-state index contributed by atoms with van der Waals surface area (Å²) in [6, 6.07) is 1.67. The lowest BCUT2D eigenvalue weighted by atomic mass is 9.73. The van der Waals surface area contributed by atoms with Crippen molar-refractivity contribution in [1.29, 1.82) is 0 Å². The zero-order valence-corrected chi connectivity index (χ0v) is 7.80. The fourth-order valence-corrected chi connectivity index (χ4v) is 1.82. The summed E-state index contributed by atoms with van der Waals surface area (Å²) in [5.74, 6) is -2.13. The minimum atomic E-state index is -2.58. The van der Waals surface area contributed by atoms with Gasteiger partial charge in [-0.05, 0) is 13.1 Å². The second kappa shape index (κ2) is 2.95. The van der Waals surface area contributed by atoms with Crippen molar-refractivity contribution in [1.82, 2.24) is 15.3 Å². The molecule has 0 saturated heterocycles. The summed E-state index contributed by atoms with van der Waals surface area (Å²) in [4.78, 5) is 8.00. The summed E-state index contributed by atoms with van der Waals surface area (Å²) in [6.45, 7) is 0. The average molecular weight is 199 g/mol. The molecule has 0 bridgehead atoms. The van der Waals surface area contributed by atoms with E-state index in [4.69, 9.17) is 0 Å². The minimum absolute atomic E-state index is 0.222. The molecule has 1 aliphatic rings. The summed E-state index contributed by atoms with van der Waals surface area (Å²) < 4.78 is 25.6. The Balaban J connectivity index is 2.25. The van der Waals surface area contributed by atoms with Gasteiger partial charge in [0.25, 0.3) is 5.92 Å². The smallest absolute Gasteiger partial charge is 0.252 e. The Morgan fingerprint density at radius 1 is 1.29 bits per heavy atom. The summed E-state index contributed by atoms with van der Waals surface area (Å²) in [5.41, 5.74) is -0.731. The minimum Gasteiger partial charge on any atom is -0.307 e. The van der Waals surface area contributed by atoms with Crippen LogP contribution >= 0.6 is 0 Å². The third kappa shape index (κ3) is 1.37. The molecule has 0 spiro atoms. The Morgan fingerprint density at radius 2 is 1.86 bits per heavy atom. The average Bonchev–Trinajstić information content (AvgIpc) is 2.15. The number of rotatable bonds is 2. The van der Waals surface area contributed by atoms with Gasteiger partial charge in [-0.15, -0.1) is 0 Å². The number of aromatic nitrogens is 2. The summed E-state index contributed by atoms with van der Waals surface area (Å²) in [5, 5.41) is 2.88. The van der Waals surface area contributed by atoms with Crippen LogP contribution in [-0.2, 0) is 5.54 Å². The van der Waals surface area contributed by atoms with Crippen molar-refractivity contribution in [3.63, 3.8) is 0 Å². The van der Waals surface area contributed by atoms with Gasteiger partial charge in [0.15, 0.2) is 0 Å². The van der Waals surface area contributed by atoms with E-state index in [1.165, 1.54) is 0 Å². The lowest BCUT2D eigenvalue weighted by Gasteiger charge is -2.45. The number of hydrogen-bond donors (Lipinski definition) is 1. The SMILES string of the molecule is CNC1(c2ncccn2)CC(F)(F)C1. The fourth-order valence-electron chi connectivity index (χ4n) is 1.82. The molecule has 1 fully saturated rings. The predicted octanol–water partition coefficient (Wildman–Crippen LogP) is 1.32. The molecule has 14 heavy (non-hydrogen) atoms. The molecule has 0 radical (unpaired) electrons. The van der Waals surface area contributed by atoms with Crippen LogP contribution in [0, 0.1) is 0 Å². The fraction of sp³-hybridized carbons (Fsp3) is 0.556. The first-order valence-electron chi connectivity index (χ1n) is 4.42. The first-order chi connectivity index (χ1) is 6.58.